The van der Waals surface area contributed by atoms with Crippen LogP contribution in [0.4, 0.5) is 0 Å². The predicted octanol–water partition coefficient (Wildman–Crippen LogP) is 5.45. The second-order valence-corrected chi connectivity index (χ2v) is 14.1. The summed E-state index contributed by atoms with van der Waals surface area (Å²) in [4.78, 5) is 12.6. The van der Waals surface area contributed by atoms with Crippen LogP contribution in [0.2, 0.25) is 11.1 Å². The lowest BCUT2D eigenvalue weighted by Gasteiger charge is -2.44. The summed E-state index contributed by atoms with van der Waals surface area (Å²) >= 11 is 0. The van der Waals surface area contributed by atoms with Crippen LogP contribution in [0.25, 0.3) is 0 Å². The van der Waals surface area contributed by atoms with E-state index in [0.717, 1.165) is 25.7 Å². The maximum Gasteiger partial charge on any atom is 0.136 e. The first-order valence-corrected chi connectivity index (χ1v) is 12.7. The van der Waals surface area contributed by atoms with Gasteiger partial charge >= 0.3 is 0 Å². The van der Waals surface area contributed by atoms with Crippen LogP contribution in [-0.2, 0) is 4.79 Å². The molecule has 2 aromatic rings. The molecule has 0 unspecified atom stereocenters. The van der Waals surface area contributed by atoms with Crippen LogP contribution >= 0.6 is 0 Å². The molecule has 0 saturated heterocycles. The van der Waals surface area contributed by atoms with Crippen molar-refractivity contribution in [2.75, 3.05) is 0 Å². The molecule has 0 N–H and O–H groups in total. The first-order chi connectivity index (χ1) is 12.9. The summed E-state index contributed by atoms with van der Waals surface area (Å²) in [6.45, 7) is 9.40. The molecule has 1 saturated carbocycles. The average Bonchev–Trinajstić information content (AvgIpc) is 3.44. The zero-order valence-corrected chi connectivity index (χ0v) is 18.4. The number of rotatable bonds is 8. The lowest BCUT2D eigenvalue weighted by atomic mass is 10.1. The zero-order chi connectivity index (χ0) is 19.5. The van der Waals surface area contributed by atoms with Crippen molar-refractivity contribution in [1.82, 2.24) is 0 Å². The minimum atomic E-state index is -2.02. The van der Waals surface area contributed by atoms with E-state index in [1.165, 1.54) is 16.4 Å². The smallest absolute Gasteiger partial charge is 0.136 e. The summed E-state index contributed by atoms with van der Waals surface area (Å²) in [6, 6.07) is 23.5. The van der Waals surface area contributed by atoms with Crippen molar-refractivity contribution in [3.8, 4) is 0 Å². The third-order valence-electron chi connectivity index (χ3n) is 6.49. The van der Waals surface area contributed by atoms with E-state index in [0.29, 0.717) is 17.6 Å². The summed E-state index contributed by atoms with van der Waals surface area (Å²) in [5.74, 6) is 1.40. The molecule has 2 atom stereocenters. The van der Waals surface area contributed by atoms with Crippen LogP contribution in [-0.4, -0.2) is 13.9 Å². The van der Waals surface area contributed by atoms with Gasteiger partial charge in [0, 0.05) is 12.3 Å². The van der Waals surface area contributed by atoms with Gasteiger partial charge in [-0.2, -0.15) is 0 Å². The number of ketones is 1. The molecule has 27 heavy (non-hydrogen) atoms. The molecule has 144 valence electrons. The highest BCUT2D eigenvalue weighted by Gasteiger charge is 2.54. The third-order valence-corrected chi connectivity index (χ3v) is 12.8. The van der Waals surface area contributed by atoms with E-state index in [1.807, 2.05) is 0 Å². The Balaban J connectivity index is 1.98. The molecule has 0 aromatic heterocycles. The van der Waals surface area contributed by atoms with Crippen molar-refractivity contribution >= 4 is 24.2 Å². The lowest BCUT2D eigenvalue weighted by molar-refractivity contribution is -0.120. The van der Waals surface area contributed by atoms with Gasteiger partial charge < -0.3 is 0 Å². The van der Waals surface area contributed by atoms with Gasteiger partial charge in [0.2, 0.25) is 0 Å². The van der Waals surface area contributed by atoms with Crippen LogP contribution in [0.1, 0.15) is 53.4 Å². The molecule has 0 amide bonds. The molecule has 0 radical (unpaired) electrons. The first-order valence-electron chi connectivity index (χ1n) is 10.5. The normalized spacial score (nSPS) is 19.7. The van der Waals surface area contributed by atoms with Gasteiger partial charge in [0.25, 0.3) is 0 Å². The number of hydrogen-bond acceptors (Lipinski definition) is 1. The fourth-order valence-corrected chi connectivity index (χ4v) is 10.7. The zero-order valence-electron chi connectivity index (χ0n) is 17.4. The van der Waals surface area contributed by atoms with E-state index in [4.69, 9.17) is 0 Å². The molecule has 0 heterocycles. The lowest BCUT2D eigenvalue weighted by Crippen LogP contribution is -2.64. The van der Waals surface area contributed by atoms with E-state index in [2.05, 4.69) is 88.4 Å². The second kappa shape index (κ2) is 8.14. The SMILES string of the molecule is CCCCC(=O)[C@H]1C[C@H]1C[Si](c1ccccc1)(c1ccccc1)C(C)(C)C. The molecule has 1 aliphatic carbocycles. The molecule has 2 heteroatoms. The Morgan fingerprint density at radius 1 is 0.963 bits per heavy atom. The minimum Gasteiger partial charge on any atom is -0.299 e. The fraction of sp³-hybridized carbons (Fsp3) is 0.480. The highest BCUT2D eigenvalue weighted by molar-refractivity contribution is 7.04. The molecule has 1 fully saturated rings. The summed E-state index contributed by atoms with van der Waals surface area (Å²) in [5.41, 5.74) is 0. The van der Waals surface area contributed by atoms with Crippen molar-refractivity contribution in [2.45, 2.75) is 64.5 Å². The van der Waals surface area contributed by atoms with Gasteiger partial charge in [-0.05, 0) is 29.8 Å². The molecule has 3 rings (SSSR count). The Morgan fingerprint density at radius 2 is 1.48 bits per heavy atom. The average molecular weight is 379 g/mol. The van der Waals surface area contributed by atoms with E-state index in [9.17, 15) is 4.79 Å². The van der Waals surface area contributed by atoms with Crippen LogP contribution < -0.4 is 10.4 Å². The number of hydrogen-bond donors (Lipinski definition) is 0. The van der Waals surface area contributed by atoms with Crippen molar-refractivity contribution in [2.24, 2.45) is 11.8 Å². The van der Waals surface area contributed by atoms with Gasteiger partial charge in [-0.3, -0.25) is 4.79 Å². The number of benzene rings is 2. The molecular weight excluding hydrogens is 344 g/mol. The monoisotopic (exact) mass is 378 g/mol. The van der Waals surface area contributed by atoms with Gasteiger partial charge in [-0.25, -0.2) is 0 Å². The summed E-state index contributed by atoms with van der Waals surface area (Å²) < 4.78 is 0. The van der Waals surface area contributed by atoms with Crippen molar-refractivity contribution in [3.63, 3.8) is 0 Å². The summed E-state index contributed by atoms with van der Waals surface area (Å²) in [7, 11) is -2.02. The van der Waals surface area contributed by atoms with E-state index >= 15 is 0 Å². The van der Waals surface area contributed by atoms with Crippen molar-refractivity contribution in [1.29, 1.82) is 0 Å². The van der Waals surface area contributed by atoms with Gasteiger partial charge in [0.05, 0.1) is 0 Å². The topological polar surface area (TPSA) is 17.1 Å². The second-order valence-electron chi connectivity index (χ2n) is 9.26. The van der Waals surface area contributed by atoms with Crippen molar-refractivity contribution in [3.05, 3.63) is 60.7 Å². The highest BCUT2D eigenvalue weighted by atomic mass is 28.3. The number of carbonyl (C=O) groups is 1. The minimum absolute atomic E-state index is 0.190. The summed E-state index contributed by atoms with van der Waals surface area (Å²) in [6.07, 6.45) is 4.03. The molecule has 0 aliphatic heterocycles. The predicted molar refractivity (Wildman–Crippen MR) is 119 cm³/mol. The fourth-order valence-electron chi connectivity index (χ4n) is 4.82. The van der Waals surface area contributed by atoms with Gasteiger partial charge in [-0.15, -0.1) is 0 Å². The Bertz CT molecular complexity index is 705. The molecule has 1 nitrogen and oxygen atoms in total. The van der Waals surface area contributed by atoms with Gasteiger partial charge in [-0.1, -0.05) is 105 Å². The molecule has 1 aliphatic rings. The van der Waals surface area contributed by atoms with Gasteiger partial charge in [0.1, 0.15) is 13.9 Å². The standard InChI is InChI=1S/C25H34OSi/c1-5-6-17-24(26)23-18-20(23)19-27(25(2,3)4,21-13-9-7-10-14-21)22-15-11-8-12-16-22/h7-16,20,23H,5-6,17-19H2,1-4H3/t20-,23-/m0/s1. The van der Waals surface area contributed by atoms with E-state index in [1.54, 1.807) is 0 Å². The van der Waals surface area contributed by atoms with E-state index in [-0.39, 0.29) is 5.04 Å². The maximum atomic E-state index is 12.6. The van der Waals surface area contributed by atoms with Crippen LogP contribution in [0.5, 0.6) is 0 Å². The quantitative estimate of drug-likeness (QED) is 0.559. The molecule has 2 aromatic carbocycles. The number of carbonyl (C=O) groups excluding carboxylic acids is 1. The molecular formula is C25H34OSi. The third kappa shape index (κ3) is 4.11. The van der Waals surface area contributed by atoms with Crippen LogP contribution in [0.15, 0.2) is 60.7 Å². The number of Topliss-reactive ketones (excluding diaryl/α,β-unsaturated/α-hetero) is 1. The Morgan fingerprint density at radius 3 is 1.93 bits per heavy atom. The maximum absolute atomic E-state index is 12.6. The first kappa shape index (κ1) is 20.1. The highest BCUT2D eigenvalue weighted by Crippen LogP contribution is 2.50. The van der Waals surface area contributed by atoms with Crippen LogP contribution in [0, 0.1) is 11.8 Å². The Hall–Kier alpha value is -1.67. The molecule has 0 bridgehead atoms. The van der Waals surface area contributed by atoms with E-state index < -0.39 is 8.07 Å². The van der Waals surface area contributed by atoms with Crippen molar-refractivity contribution < 1.29 is 4.79 Å². The number of unbranched alkanes of at least 4 members (excludes halogenated alkanes) is 1. The van der Waals surface area contributed by atoms with Crippen LogP contribution in [0.3, 0.4) is 0 Å². The Kier molecular flexibility index (Phi) is 6.05. The van der Waals surface area contributed by atoms with Gasteiger partial charge in [0.15, 0.2) is 0 Å². The largest absolute Gasteiger partial charge is 0.299 e. The Labute approximate surface area is 166 Å². The summed E-state index contributed by atoms with van der Waals surface area (Å²) in [5, 5.41) is 3.21. The molecule has 0 spiro atoms.